The minimum Gasteiger partial charge on any atom is -0.489 e. The Bertz CT molecular complexity index is 470. The maximum Gasteiger partial charge on any atom is 0.180 e. The van der Waals surface area contributed by atoms with Crippen molar-refractivity contribution >= 4 is 11.6 Å². The zero-order chi connectivity index (χ0) is 13.2. The van der Waals surface area contributed by atoms with Gasteiger partial charge in [-0.1, -0.05) is 18.0 Å². The molecule has 2 aliphatic heterocycles. The Morgan fingerprint density at radius 1 is 1.16 bits per heavy atom. The van der Waals surface area contributed by atoms with Gasteiger partial charge in [0.05, 0.1) is 18.2 Å². The Morgan fingerprint density at radius 2 is 1.95 bits per heavy atom. The third kappa shape index (κ3) is 2.54. The van der Waals surface area contributed by atoms with Gasteiger partial charge < -0.3 is 14.8 Å². The summed E-state index contributed by atoms with van der Waals surface area (Å²) in [5.74, 6) is 1.56. The van der Waals surface area contributed by atoms with Crippen LogP contribution in [-0.2, 0) is 0 Å². The quantitative estimate of drug-likeness (QED) is 0.853. The molecule has 19 heavy (non-hydrogen) atoms. The van der Waals surface area contributed by atoms with E-state index in [-0.39, 0.29) is 0 Å². The molecule has 1 aromatic carbocycles. The molecule has 2 aliphatic rings. The molecule has 1 unspecified atom stereocenters. The lowest BCUT2D eigenvalue weighted by atomic mass is 9.93. The van der Waals surface area contributed by atoms with Crippen molar-refractivity contribution in [2.75, 3.05) is 19.8 Å². The number of hydrogen-bond acceptors (Lipinski definition) is 3. The Labute approximate surface area is 119 Å². The first-order valence-corrected chi connectivity index (χ1v) is 7.47. The predicted octanol–water partition coefficient (Wildman–Crippen LogP) is 3.62. The normalized spacial score (nSPS) is 22.9. The van der Waals surface area contributed by atoms with Crippen LogP contribution in [0, 0.1) is 6.92 Å². The Kier molecular flexibility index (Phi) is 3.85. The average Bonchev–Trinajstić information content (AvgIpc) is 2.70. The van der Waals surface area contributed by atoms with Gasteiger partial charge in [-0.2, -0.15) is 0 Å². The lowest BCUT2D eigenvalue weighted by Gasteiger charge is -2.27. The highest BCUT2D eigenvalue weighted by atomic mass is 35.5. The van der Waals surface area contributed by atoms with Gasteiger partial charge in [0, 0.05) is 12.5 Å². The van der Waals surface area contributed by atoms with E-state index in [0.717, 1.165) is 30.9 Å². The van der Waals surface area contributed by atoms with Crippen LogP contribution in [0.25, 0.3) is 0 Å². The molecule has 0 aliphatic carbocycles. The van der Waals surface area contributed by atoms with Crippen molar-refractivity contribution < 1.29 is 9.47 Å². The number of halogens is 1. The summed E-state index contributed by atoms with van der Waals surface area (Å²) in [7, 11) is 0. The van der Waals surface area contributed by atoms with Crippen molar-refractivity contribution in [3.8, 4) is 11.5 Å². The van der Waals surface area contributed by atoms with E-state index in [4.69, 9.17) is 21.1 Å². The summed E-state index contributed by atoms with van der Waals surface area (Å²) in [4.78, 5) is 0. The van der Waals surface area contributed by atoms with E-state index in [1.54, 1.807) is 0 Å². The maximum atomic E-state index is 6.38. The molecular weight excluding hydrogens is 262 g/mol. The van der Waals surface area contributed by atoms with Crippen LogP contribution in [0.3, 0.4) is 0 Å². The van der Waals surface area contributed by atoms with E-state index in [1.807, 2.05) is 6.07 Å². The van der Waals surface area contributed by atoms with Gasteiger partial charge in [0.15, 0.2) is 11.5 Å². The largest absolute Gasteiger partial charge is 0.489 e. The standard InChI is InChI=1S/C15H20ClNO2/c1-10-11(13-5-2-3-6-17-13)9-12(16)15-14(10)18-7-4-8-19-15/h9,13,17H,2-8H2,1H3. The second kappa shape index (κ2) is 5.59. The van der Waals surface area contributed by atoms with Gasteiger partial charge >= 0.3 is 0 Å². The van der Waals surface area contributed by atoms with Gasteiger partial charge in [0.25, 0.3) is 0 Å². The van der Waals surface area contributed by atoms with Gasteiger partial charge in [-0.05, 0) is 43.5 Å². The zero-order valence-corrected chi connectivity index (χ0v) is 12.1. The minimum atomic E-state index is 0.392. The van der Waals surface area contributed by atoms with Crippen LogP contribution in [0.2, 0.25) is 5.02 Å². The number of hydrogen-bond donors (Lipinski definition) is 1. The molecule has 1 fully saturated rings. The number of piperidine rings is 1. The van der Waals surface area contributed by atoms with Crippen LogP contribution in [-0.4, -0.2) is 19.8 Å². The zero-order valence-electron chi connectivity index (χ0n) is 11.3. The highest BCUT2D eigenvalue weighted by Crippen LogP contribution is 2.43. The molecule has 0 bridgehead atoms. The average molecular weight is 282 g/mol. The topological polar surface area (TPSA) is 30.5 Å². The first-order chi connectivity index (χ1) is 9.27. The molecule has 3 nitrogen and oxygen atoms in total. The molecule has 0 aromatic heterocycles. The molecule has 0 radical (unpaired) electrons. The highest BCUT2D eigenvalue weighted by Gasteiger charge is 2.24. The van der Waals surface area contributed by atoms with Crippen LogP contribution < -0.4 is 14.8 Å². The van der Waals surface area contributed by atoms with Crippen molar-refractivity contribution in [3.63, 3.8) is 0 Å². The van der Waals surface area contributed by atoms with Gasteiger partial charge in [0.2, 0.25) is 0 Å². The van der Waals surface area contributed by atoms with Crippen LogP contribution in [0.15, 0.2) is 6.07 Å². The molecule has 104 valence electrons. The first kappa shape index (κ1) is 13.1. The van der Waals surface area contributed by atoms with Gasteiger partial charge in [-0.25, -0.2) is 0 Å². The van der Waals surface area contributed by atoms with Crippen molar-refractivity contribution in [2.24, 2.45) is 0 Å². The number of nitrogens with one attached hydrogen (secondary N) is 1. The highest BCUT2D eigenvalue weighted by molar-refractivity contribution is 6.32. The summed E-state index contributed by atoms with van der Waals surface area (Å²) in [6, 6.07) is 2.44. The van der Waals surface area contributed by atoms with Crippen molar-refractivity contribution in [3.05, 3.63) is 22.2 Å². The monoisotopic (exact) mass is 281 g/mol. The summed E-state index contributed by atoms with van der Waals surface area (Å²) in [5.41, 5.74) is 2.43. The van der Waals surface area contributed by atoms with Crippen LogP contribution in [0.1, 0.15) is 42.9 Å². The molecule has 0 saturated carbocycles. The Hall–Kier alpha value is -0.930. The minimum absolute atomic E-state index is 0.392. The third-order valence-corrected chi connectivity index (χ3v) is 4.23. The molecular formula is C15H20ClNO2. The summed E-state index contributed by atoms with van der Waals surface area (Å²) < 4.78 is 11.6. The molecule has 1 saturated heterocycles. The molecule has 2 heterocycles. The molecule has 1 N–H and O–H groups in total. The fourth-order valence-electron chi connectivity index (χ4n) is 2.92. The molecule has 4 heteroatoms. The SMILES string of the molecule is Cc1c(C2CCCCN2)cc(Cl)c2c1OCCCO2. The Balaban J connectivity index is 2.01. The van der Waals surface area contributed by atoms with Gasteiger partial charge in [-0.15, -0.1) is 0 Å². The summed E-state index contributed by atoms with van der Waals surface area (Å²) in [6.45, 7) is 4.56. The summed E-state index contributed by atoms with van der Waals surface area (Å²) >= 11 is 6.38. The molecule has 0 spiro atoms. The van der Waals surface area contributed by atoms with E-state index in [0.29, 0.717) is 24.3 Å². The fourth-order valence-corrected chi connectivity index (χ4v) is 3.17. The molecule has 0 amide bonds. The van der Waals surface area contributed by atoms with Crippen LogP contribution >= 0.6 is 11.6 Å². The molecule has 3 rings (SSSR count). The predicted molar refractivity (Wildman–Crippen MR) is 76.4 cm³/mol. The molecule has 1 atom stereocenters. The number of ether oxygens (including phenoxy) is 2. The lowest BCUT2D eigenvalue weighted by Crippen LogP contribution is -2.27. The summed E-state index contributed by atoms with van der Waals surface area (Å²) in [5, 5.41) is 4.24. The van der Waals surface area contributed by atoms with E-state index < -0.39 is 0 Å². The van der Waals surface area contributed by atoms with Gasteiger partial charge in [-0.3, -0.25) is 0 Å². The lowest BCUT2D eigenvalue weighted by molar-refractivity contribution is 0.296. The van der Waals surface area contributed by atoms with Crippen LogP contribution in [0.5, 0.6) is 11.5 Å². The Morgan fingerprint density at radius 3 is 2.68 bits per heavy atom. The first-order valence-electron chi connectivity index (χ1n) is 7.09. The van der Waals surface area contributed by atoms with Crippen molar-refractivity contribution in [1.82, 2.24) is 5.32 Å². The smallest absolute Gasteiger partial charge is 0.180 e. The van der Waals surface area contributed by atoms with Crippen LogP contribution in [0.4, 0.5) is 0 Å². The second-order valence-corrected chi connectivity index (χ2v) is 5.69. The number of fused-ring (bicyclic) bond motifs is 1. The van der Waals surface area contributed by atoms with Gasteiger partial charge in [0.1, 0.15) is 0 Å². The second-order valence-electron chi connectivity index (χ2n) is 5.28. The van der Waals surface area contributed by atoms with E-state index in [2.05, 4.69) is 12.2 Å². The van der Waals surface area contributed by atoms with E-state index in [1.165, 1.54) is 24.0 Å². The van der Waals surface area contributed by atoms with E-state index >= 15 is 0 Å². The molecule has 1 aromatic rings. The third-order valence-electron chi connectivity index (χ3n) is 3.95. The number of rotatable bonds is 1. The maximum absolute atomic E-state index is 6.38. The summed E-state index contributed by atoms with van der Waals surface area (Å²) in [6.07, 6.45) is 4.59. The van der Waals surface area contributed by atoms with Crippen molar-refractivity contribution in [1.29, 1.82) is 0 Å². The van der Waals surface area contributed by atoms with E-state index in [9.17, 15) is 0 Å². The fraction of sp³-hybridized carbons (Fsp3) is 0.600. The van der Waals surface area contributed by atoms with Crippen molar-refractivity contribution in [2.45, 2.75) is 38.6 Å². The number of benzene rings is 1.